The first kappa shape index (κ1) is 15.0. The topological polar surface area (TPSA) is 67.4 Å². The molecule has 0 aliphatic heterocycles. The molecule has 0 aromatic heterocycles. The lowest BCUT2D eigenvalue weighted by molar-refractivity contribution is -0.119. The Morgan fingerprint density at radius 1 is 1.38 bits per heavy atom. The van der Waals surface area contributed by atoms with Gasteiger partial charge in [0.25, 0.3) is 5.92 Å². The molecule has 2 N–H and O–H groups in total. The molecule has 1 aliphatic carbocycles. The summed E-state index contributed by atoms with van der Waals surface area (Å²) in [5.74, 6) is -5.13. The van der Waals surface area contributed by atoms with Gasteiger partial charge < -0.3 is 15.4 Å². The lowest BCUT2D eigenvalue weighted by atomic mass is 10.2. The third-order valence-electron chi connectivity index (χ3n) is 3.07. The second kappa shape index (κ2) is 5.51. The van der Waals surface area contributed by atoms with E-state index >= 15 is 0 Å². The van der Waals surface area contributed by atoms with Crippen molar-refractivity contribution in [1.29, 1.82) is 0 Å². The van der Waals surface area contributed by atoms with Crippen LogP contribution in [0.3, 0.4) is 0 Å². The summed E-state index contributed by atoms with van der Waals surface area (Å²) < 4.78 is 30.8. The minimum absolute atomic E-state index is 0.192. The van der Waals surface area contributed by atoms with E-state index < -0.39 is 30.1 Å². The number of nitrogens with one attached hydrogen (secondary N) is 2. The number of carbonyl (C=O) groups is 2. The number of amides is 2. The fraction of sp³-hybridized carbons (Fsp3) is 0.286. The molecule has 0 bridgehead atoms. The van der Waals surface area contributed by atoms with E-state index in [9.17, 15) is 18.4 Å². The third kappa shape index (κ3) is 3.36. The SMILES string of the molecule is C=CC(=O)Nc1ccc(OC)cc1NC(=O)[C@@H]1CC1(F)F. The smallest absolute Gasteiger partial charge is 0.260 e. The molecule has 2 rings (SSSR count). The molecular weight excluding hydrogens is 282 g/mol. The number of alkyl halides is 2. The highest BCUT2D eigenvalue weighted by Crippen LogP contribution is 2.49. The van der Waals surface area contributed by atoms with Gasteiger partial charge in [-0.1, -0.05) is 6.58 Å². The summed E-state index contributed by atoms with van der Waals surface area (Å²) in [6.45, 7) is 3.32. The Balaban J connectivity index is 2.20. The molecule has 1 aromatic rings. The van der Waals surface area contributed by atoms with Crippen LogP contribution in [-0.2, 0) is 9.59 Å². The van der Waals surface area contributed by atoms with Gasteiger partial charge >= 0.3 is 0 Å². The van der Waals surface area contributed by atoms with Gasteiger partial charge in [-0.05, 0) is 18.2 Å². The van der Waals surface area contributed by atoms with Crippen molar-refractivity contribution in [1.82, 2.24) is 0 Å². The minimum Gasteiger partial charge on any atom is -0.497 e. The summed E-state index contributed by atoms with van der Waals surface area (Å²) in [6.07, 6.45) is 0.599. The lowest BCUT2D eigenvalue weighted by Gasteiger charge is -2.13. The Morgan fingerprint density at radius 2 is 2.05 bits per heavy atom. The molecule has 1 aliphatic rings. The molecule has 2 amide bonds. The highest BCUT2D eigenvalue weighted by Gasteiger charge is 2.61. The van der Waals surface area contributed by atoms with E-state index in [0.717, 1.165) is 6.08 Å². The van der Waals surface area contributed by atoms with Gasteiger partial charge in [0, 0.05) is 12.5 Å². The Labute approximate surface area is 120 Å². The summed E-state index contributed by atoms with van der Waals surface area (Å²) in [5, 5.41) is 4.87. The van der Waals surface area contributed by atoms with E-state index in [1.165, 1.54) is 19.2 Å². The van der Waals surface area contributed by atoms with Crippen LogP contribution in [0.25, 0.3) is 0 Å². The van der Waals surface area contributed by atoms with Crippen LogP contribution in [0.2, 0.25) is 0 Å². The standard InChI is InChI=1S/C14H14F2N2O3/c1-3-12(19)17-10-5-4-8(21-2)6-11(10)18-13(20)9-7-14(9,15)16/h3-6,9H,1,7H2,2H3,(H,17,19)(H,18,20)/t9-/m0/s1. The molecule has 5 nitrogen and oxygen atoms in total. The molecule has 0 heterocycles. The van der Waals surface area contributed by atoms with Crippen molar-refractivity contribution in [3.8, 4) is 5.75 Å². The zero-order valence-corrected chi connectivity index (χ0v) is 11.3. The lowest BCUT2D eigenvalue weighted by Crippen LogP contribution is -2.19. The van der Waals surface area contributed by atoms with Crippen molar-refractivity contribution in [2.24, 2.45) is 5.92 Å². The van der Waals surface area contributed by atoms with E-state index in [1.807, 2.05) is 0 Å². The quantitative estimate of drug-likeness (QED) is 0.820. The Bertz CT molecular complexity index is 602. The molecule has 0 unspecified atom stereocenters. The number of hydrogen-bond acceptors (Lipinski definition) is 3. The van der Waals surface area contributed by atoms with Crippen LogP contribution in [0.15, 0.2) is 30.9 Å². The van der Waals surface area contributed by atoms with Gasteiger partial charge in [-0.3, -0.25) is 9.59 Å². The number of halogens is 2. The number of ether oxygens (including phenoxy) is 1. The molecule has 1 saturated carbocycles. The zero-order chi connectivity index (χ0) is 15.6. The van der Waals surface area contributed by atoms with E-state index in [4.69, 9.17) is 4.74 Å². The van der Waals surface area contributed by atoms with Crippen LogP contribution in [-0.4, -0.2) is 24.8 Å². The van der Waals surface area contributed by atoms with Gasteiger partial charge in [-0.15, -0.1) is 0 Å². The molecule has 7 heteroatoms. The molecule has 1 atom stereocenters. The maximum Gasteiger partial charge on any atom is 0.260 e. The first-order valence-corrected chi connectivity index (χ1v) is 6.17. The van der Waals surface area contributed by atoms with Crippen LogP contribution >= 0.6 is 0 Å². The predicted octanol–water partition coefficient (Wildman–Crippen LogP) is 2.41. The molecule has 1 fully saturated rings. The van der Waals surface area contributed by atoms with E-state index in [2.05, 4.69) is 17.2 Å². The van der Waals surface area contributed by atoms with Gasteiger partial charge in [0.1, 0.15) is 11.7 Å². The summed E-state index contributed by atoms with van der Waals surface area (Å²) in [5.41, 5.74) is 0.468. The van der Waals surface area contributed by atoms with Gasteiger partial charge in [-0.25, -0.2) is 8.78 Å². The average molecular weight is 296 g/mol. The number of carbonyl (C=O) groups excluding carboxylic acids is 2. The molecule has 0 radical (unpaired) electrons. The van der Waals surface area contributed by atoms with Crippen molar-refractivity contribution in [3.63, 3.8) is 0 Å². The molecule has 0 saturated heterocycles. The van der Waals surface area contributed by atoms with E-state index in [-0.39, 0.29) is 11.4 Å². The maximum absolute atomic E-state index is 12.9. The largest absolute Gasteiger partial charge is 0.497 e. The first-order chi connectivity index (χ1) is 9.87. The molecule has 0 spiro atoms. The van der Waals surface area contributed by atoms with Gasteiger partial charge in [-0.2, -0.15) is 0 Å². The van der Waals surface area contributed by atoms with E-state index in [0.29, 0.717) is 5.75 Å². The van der Waals surface area contributed by atoms with Crippen molar-refractivity contribution in [3.05, 3.63) is 30.9 Å². The van der Waals surface area contributed by atoms with Gasteiger partial charge in [0.2, 0.25) is 11.8 Å². The second-order valence-corrected chi connectivity index (χ2v) is 4.61. The monoisotopic (exact) mass is 296 g/mol. The third-order valence-corrected chi connectivity index (χ3v) is 3.07. The molecule has 1 aromatic carbocycles. The first-order valence-electron chi connectivity index (χ1n) is 6.17. The number of anilines is 2. The van der Waals surface area contributed by atoms with Gasteiger partial charge in [0.15, 0.2) is 0 Å². The van der Waals surface area contributed by atoms with E-state index in [1.54, 1.807) is 6.07 Å². The summed E-state index contributed by atoms with van der Waals surface area (Å²) in [4.78, 5) is 23.1. The Morgan fingerprint density at radius 3 is 2.57 bits per heavy atom. The van der Waals surface area contributed by atoms with Crippen molar-refractivity contribution in [2.45, 2.75) is 12.3 Å². The van der Waals surface area contributed by atoms with Crippen LogP contribution in [0.1, 0.15) is 6.42 Å². The average Bonchev–Trinajstić information content (AvgIpc) is 3.09. The van der Waals surface area contributed by atoms with Crippen molar-refractivity contribution in [2.75, 3.05) is 17.7 Å². The highest BCUT2D eigenvalue weighted by atomic mass is 19.3. The van der Waals surface area contributed by atoms with Crippen molar-refractivity contribution >= 4 is 23.2 Å². The highest BCUT2D eigenvalue weighted by molar-refractivity contribution is 6.04. The Hall–Kier alpha value is -2.44. The molecule has 112 valence electrons. The fourth-order valence-electron chi connectivity index (χ4n) is 1.76. The van der Waals surface area contributed by atoms with Crippen LogP contribution in [0, 0.1) is 5.92 Å². The summed E-state index contributed by atoms with van der Waals surface area (Å²) >= 11 is 0. The van der Waals surface area contributed by atoms with Crippen LogP contribution < -0.4 is 15.4 Å². The molecular formula is C14H14F2N2O3. The summed E-state index contributed by atoms with van der Waals surface area (Å²) in [7, 11) is 1.43. The molecule has 21 heavy (non-hydrogen) atoms. The predicted molar refractivity (Wildman–Crippen MR) is 73.5 cm³/mol. The number of benzene rings is 1. The van der Waals surface area contributed by atoms with Gasteiger partial charge in [0.05, 0.1) is 18.5 Å². The zero-order valence-electron chi connectivity index (χ0n) is 11.3. The van der Waals surface area contributed by atoms with Crippen LogP contribution in [0.5, 0.6) is 5.75 Å². The number of hydrogen-bond donors (Lipinski definition) is 2. The minimum atomic E-state index is -2.95. The van der Waals surface area contributed by atoms with Crippen LogP contribution in [0.4, 0.5) is 20.2 Å². The van der Waals surface area contributed by atoms with Crippen molar-refractivity contribution < 1.29 is 23.1 Å². The second-order valence-electron chi connectivity index (χ2n) is 4.61. The number of methoxy groups -OCH3 is 1. The maximum atomic E-state index is 12.9. The number of rotatable bonds is 5. The Kier molecular flexibility index (Phi) is 3.93. The summed E-state index contributed by atoms with van der Waals surface area (Å²) in [6, 6.07) is 4.51. The fourth-order valence-corrected chi connectivity index (χ4v) is 1.76. The normalized spacial score (nSPS) is 18.5.